The van der Waals surface area contributed by atoms with E-state index in [0.717, 1.165) is 21.0 Å². The highest BCUT2D eigenvalue weighted by atomic mass is 32.1. The van der Waals surface area contributed by atoms with Crippen LogP contribution in [0.2, 0.25) is 0 Å². The number of anilines is 2. The summed E-state index contributed by atoms with van der Waals surface area (Å²) in [6, 6.07) is 10.4. The Kier molecular flexibility index (Phi) is 3.16. The van der Waals surface area contributed by atoms with E-state index in [9.17, 15) is 0 Å². The topological polar surface area (TPSA) is 42.2 Å². The van der Waals surface area contributed by atoms with Crippen molar-refractivity contribution in [2.45, 2.75) is 13.0 Å². The molecule has 2 heterocycles. The molecule has 1 atom stereocenters. The van der Waals surface area contributed by atoms with Gasteiger partial charge in [-0.05, 0) is 36.6 Å². The van der Waals surface area contributed by atoms with Crippen molar-refractivity contribution in [2.75, 3.05) is 17.7 Å². The van der Waals surface area contributed by atoms with Gasteiger partial charge in [0.2, 0.25) is 0 Å². The lowest BCUT2D eigenvalue weighted by molar-refractivity contribution is 0.752. The molecular weight excluding hydrogens is 274 g/mol. The van der Waals surface area contributed by atoms with Crippen LogP contribution in [0.3, 0.4) is 0 Å². The molecule has 0 saturated heterocycles. The summed E-state index contributed by atoms with van der Waals surface area (Å²) in [6.45, 7) is 2.20. The van der Waals surface area contributed by atoms with Gasteiger partial charge in [-0.1, -0.05) is 17.4 Å². The smallest absolute Gasteiger partial charge is 0.186 e. The predicted molar refractivity (Wildman–Crippen MR) is 85.2 cm³/mol. The van der Waals surface area contributed by atoms with E-state index in [1.807, 2.05) is 18.2 Å². The quantitative estimate of drug-likeness (QED) is 0.737. The molecule has 2 N–H and O–H groups in total. The first-order valence-electron chi connectivity index (χ1n) is 6.07. The van der Waals surface area contributed by atoms with Gasteiger partial charge in [0.25, 0.3) is 0 Å². The molecule has 0 aliphatic rings. The van der Waals surface area contributed by atoms with E-state index in [0.29, 0.717) is 6.04 Å². The number of fused-ring (bicyclic) bond motifs is 1. The Morgan fingerprint density at radius 1 is 1.32 bits per heavy atom. The van der Waals surface area contributed by atoms with Gasteiger partial charge >= 0.3 is 0 Å². The van der Waals surface area contributed by atoms with Crippen LogP contribution >= 0.6 is 22.7 Å². The van der Waals surface area contributed by atoms with Gasteiger partial charge in [0.05, 0.1) is 16.3 Å². The Bertz CT molecular complexity index is 688. The van der Waals surface area contributed by atoms with Crippen molar-refractivity contribution in [3.8, 4) is 0 Å². The van der Waals surface area contributed by atoms with Crippen LogP contribution in [-0.2, 0) is 0 Å². The Hall–Kier alpha value is -1.59. The molecule has 0 saturated carbocycles. The standard InChI is InChI=1S/C14H15N3S2/c1-9(12-4-3-7-18-12)17(2)14-16-11-6-5-10(15)8-13(11)19-14/h3-9H,15H2,1-2H3. The number of benzene rings is 1. The number of nitrogens with zero attached hydrogens (tertiary/aromatic N) is 2. The van der Waals surface area contributed by atoms with Crippen molar-refractivity contribution < 1.29 is 0 Å². The number of hydrogen-bond acceptors (Lipinski definition) is 5. The first-order chi connectivity index (χ1) is 9.15. The van der Waals surface area contributed by atoms with E-state index in [4.69, 9.17) is 5.73 Å². The van der Waals surface area contributed by atoms with E-state index in [1.165, 1.54) is 4.88 Å². The lowest BCUT2D eigenvalue weighted by atomic mass is 10.2. The zero-order chi connectivity index (χ0) is 13.4. The highest BCUT2D eigenvalue weighted by molar-refractivity contribution is 7.22. The van der Waals surface area contributed by atoms with Crippen molar-refractivity contribution >= 4 is 43.7 Å². The van der Waals surface area contributed by atoms with Gasteiger partial charge in [-0.3, -0.25) is 0 Å². The van der Waals surface area contributed by atoms with Crippen LogP contribution in [-0.4, -0.2) is 12.0 Å². The second-order valence-electron chi connectivity index (χ2n) is 4.53. The normalized spacial score (nSPS) is 12.7. The molecule has 3 aromatic rings. The number of rotatable bonds is 3. The van der Waals surface area contributed by atoms with E-state index in [1.54, 1.807) is 22.7 Å². The van der Waals surface area contributed by atoms with Crippen LogP contribution in [0, 0.1) is 0 Å². The molecule has 1 unspecified atom stereocenters. The third-order valence-electron chi connectivity index (χ3n) is 3.24. The second-order valence-corrected chi connectivity index (χ2v) is 6.51. The third kappa shape index (κ3) is 2.31. The first-order valence-corrected chi connectivity index (χ1v) is 7.77. The molecule has 3 nitrogen and oxygen atoms in total. The molecule has 0 amide bonds. The molecule has 0 spiro atoms. The van der Waals surface area contributed by atoms with Gasteiger partial charge < -0.3 is 10.6 Å². The lowest BCUT2D eigenvalue weighted by Gasteiger charge is -2.23. The molecular formula is C14H15N3S2. The molecule has 0 aliphatic heterocycles. The van der Waals surface area contributed by atoms with Crippen molar-refractivity contribution in [1.82, 2.24) is 4.98 Å². The van der Waals surface area contributed by atoms with Crippen molar-refractivity contribution in [3.05, 3.63) is 40.6 Å². The second kappa shape index (κ2) is 4.83. The molecule has 0 aliphatic carbocycles. The minimum Gasteiger partial charge on any atom is -0.399 e. The fourth-order valence-electron chi connectivity index (χ4n) is 1.97. The Morgan fingerprint density at radius 3 is 2.89 bits per heavy atom. The van der Waals surface area contributed by atoms with Crippen LogP contribution in [0.25, 0.3) is 10.2 Å². The molecule has 0 fully saturated rings. The third-order valence-corrected chi connectivity index (χ3v) is 5.39. The maximum Gasteiger partial charge on any atom is 0.186 e. The predicted octanol–water partition coefficient (Wildman–Crippen LogP) is 4.14. The van der Waals surface area contributed by atoms with Crippen molar-refractivity contribution in [2.24, 2.45) is 0 Å². The maximum absolute atomic E-state index is 5.81. The Labute approximate surface area is 120 Å². The highest BCUT2D eigenvalue weighted by Gasteiger charge is 2.16. The Balaban J connectivity index is 1.95. The average Bonchev–Trinajstić information content (AvgIpc) is 3.05. The van der Waals surface area contributed by atoms with Gasteiger partial charge in [-0.2, -0.15) is 0 Å². The minimum absolute atomic E-state index is 0.331. The summed E-state index contributed by atoms with van der Waals surface area (Å²) in [7, 11) is 2.09. The molecule has 0 radical (unpaired) electrons. The summed E-state index contributed by atoms with van der Waals surface area (Å²) in [4.78, 5) is 8.24. The monoisotopic (exact) mass is 289 g/mol. The number of aromatic nitrogens is 1. The number of nitrogen functional groups attached to an aromatic ring is 1. The van der Waals surface area contributed by atoms with Gasteiger partial charge in [0.15, 0.2) is 5.13 Å². The van der Waals surface area contributed by atoms with Crippen molar-refractivity contribution in [1.29, 1.82) is 0 Å². The van der Waals surface area contributed by atoms with Crippen LogP contribution in [0.4, 0.5) is 10.8 Å². The van der Waals surface area contributed by atoms with E-state index in [-0.39, 0.29) is 0 Å². The van der Waals surface area contributed by atoms with Gasteiger partial charge in [-0.25, -0.2) is 4.98 Å². The zero-order valence-electron chi connectivity index (χ0n) is 10.8. The summed E-state index contributed by atoms with van der Waals surface area (Å²) < 4.78 is 1.14. The summed E-state index contributed by atoms with van der Waals surface area (Å²) in [5.74, 6) is 0. The fourth-order valence-corrected chi connectivity index (χ4v) is 3.85. The molecule has 1 aromatic carbocycles. The fraction of sp³-hybridized carbons (Fsp3) is 0.214. The number of nitrogens with two attached hydrogens (primary N) is 1. The van der Waals surface area contributed by atoms with Crippen LogP contribution in [0.1, 0.15) is 17.8 Å². The van der Waals surface area contributed by atoms with Crippen LogP contribution in [0.15, 0.2) is 35.7 Å². The van der Waals surface area contributed by atoms with Crippen LogP contribution in [0.5, 0.6) is 0 Å². The summed E-state index contributed by atoms with van der Waals surface area (Å²) in [5, 5.41) is 3.14. The van der Waals surface area contributed by atoms with Gasteiger partial charge in [-0.15, -0.1) is 11.3 Å². The molecule has 2 aromatic heterocycles. The summed E-state index contributed by atoms with van der Waals surface area (Å²) >= 11 is 3.46. The minimum atomic E-state index is 0.331. The largest absolute Gasteiger partial charge is 0.399 e. The van der Waals surface area contributed by atoms with E-state index >= 15 is 0 Å². The highest BCUT2D eigenvalue weighted by Crippen LogP contribution is 2.34. The molecule has 19 heavy (non-hydrogen) atoms. The van der Waals surface area contributed by atoms with Gasteiger partial charge in [0, 0.05) is 17.6 Å². The van der Waals surface area contributed by atoms with E-state index < -0.39 is 0 Å². The van der Waals surface area contributed by atoms with Crippen molar-refractivity contribution in [3.63, 3.8) is 0 Å². The van der Waals surface area contributed by atoms with Gasteiger partial charge in [0.1, 0.15) is 0 Å². The molecule has 98 valence electrons. The van der Waals surface area contributed by atoms with E-state index in [2.05, 4.69) is 41.4 Å². The molecule has 5 heteroatoms. The lowest BCUT2D eigenvalue weighted by Crippen LogP contribution is -2.20. The maximum atomic E-state index is 5.81. The number of hydrogen-bond donors (Lipinski definition) is 1. The molecule has 3 rings (SSSR count). The first kappa shape index (κ1) is 12.4. The Morgan fingerprint density at radius 2 is 2.16 bits per heavy atom. The summed E-state index contributed by atoms with van der Waals surface area (Å²) in [6.07, 6.45) is 0. The van der Waals surface area contributed by atoms with Crippen LogP contribution < -0.4 is 10.6 Å². The zero-order valence-corrected chi connectivity index (χ0v) is 12.5. The number of thiophene rings is 1. The average molecular weight is 289 g/mol. The summed E-state index contributed by atoms with van der Waals surface area (Å²) in [5.41, 5.74) is 7.62. The SMILES string of the molecule is CC(c1cccs1)N(C)c1nc2ccc(N)cc2s1. The molecule has 0 bridgehead atoms. The number of thiazole rings is 1.